The molecule has 0 aliphatic carbocycles. The lowest BCUT2D eigenvalue weighted by atomic mass is 10.1. The van der Waals surface area contributed by atoms with E-state index in [9.17, 15) is 4.39 Å². The van der Waals surface area contributed by atoms with Gasteiger partial charge in [0.1, 0.15) is 17.7 Å². The first-order valence-corrected chi connectivity index (χ1v) is 7.71. The average Bonchev–Trinajstić information content (AvgIpc) is 2.57. The Balaban J connectivity index is 1.71. The maximum atomic E-state index is 13.8. The van der Waals surface area contributed by atoms with Gasteiger partial charge in [-0.25, -0.2) is 9.37 Å². The zero-order valence-electron chi connectivity index (χ0n) is 13.4. The minimum absolute atomic E-state index is 0.101. The first-order chi connectivity index (χ1) is 11.1. The molecule has 122 valence electrons. The monoisotopic (exact) mass is 316 g/mol. The van der Waals surface area contributed by atoms with E-state index in [-0.39, 0.29) is 11.9 Å². The Bertz CT molecular complexity index is 665. The topological polar surface area (TPSA) is 41.5 Å². The van der Waals surface area contributed by atoms with Crippen LogP contribution in [0.25, 0.3) is 0 Å². The molecule has 0 N–H and O–H groups in total. The molecule has 0 spiro atoms. The second-order valence-corrected chi connectivity index (χ2v) is 5.84. The number of anilines is 1. The van der Waals surface area contributed by atoms with Crippen LogP contribution in [0.1, 0.15) is 17.5 Å². The molecule has 0 radical (unpaired) electrons. The highest BCUT2D eigenvalue weighted by Crippen LogP contribution is 2.23. The molecule has 2 aromatic heterocycles. The van der Waals surface area contributed by atoms with E-state index >= 15 is 0 Å². The van der Waals surface area contributed by atoms with Crippen LogP contribution in [0.2, 0.25) is 0 Å². The SMILES string of the molecule is CN(C)c1cccc(C2CN(Cc3ncccc3F)CCO2)n1. The van der Waals surface area contributed by atoms with Crippen molar-refractivity contribution in [2.45, 2.75) is 12.6 Å². The first kappa shape index (κ1) is 15.8. The van der Waals surface area contributed by atoms with Gasteiger partial charge in [0, 0.05) is 39.9 Å². The zero-order valence-corrected chi connectivity index (χ0v) is 13.4. The second kappa shape index (κ2) is 7.02. The van der Waals surface area contributed by atoms with Gasteiger partial charge in [0.05, 0.1) is 18.0 Å². The summed E-state index contributed by atoms with van der Waals surface area (Å²) >= 11 is 0. The fourth-order valence-corrected chi connectivity index (χ4v) is 2.64. The molecule has 1 saturated heterocycles. The summed E-state index contributed by atoms with van der Waals surface area (Å²) in [5.41, 5.74) is 1.38. The van der Waals surface area contributed by atoms with Crippen molar-refractivity contribution < 1.29 is 9.13 Å². The van der Waals surface area contributed by atoms with Crippen molar-refractivity contribution in [1.29, 1.82) is 0 Å². The van der Waals surface area contributed by atoms with Crippen LogP contribution in [0.4, 0.5) is 10.2 Å². The van der Waals surface area contributed by atoms with E-state index < -0.39 is 0 Å². The Kier molecular flexibility index (Phi) is 4.83. The van der Waals surface area contributed by atoms with Crippen LogP contribution in [0.3, 0.4) is 0 Å². The van der Waals surface area contributed by atoms with E-state index in [1.54, 1.807) is 12.3 Å². The van der Waals surface area contributed by atoms with Crippen molar-refractivity contribution in [3.8, 4) is 0 Å². The highest BCUT2D eigenvalue weighted by Gasteiger charge is 2.24. The fourth-order valence-electron chi connectivity index (χ4n) is 2.64. The molecule has 0 bridgehead atoms. The molecule has 5 nitrogen and oxygen atoms in total. The van der Waals surface area contributed by atoms with Gasteiger partial charge in [-0.05, 0) is 24.3 Å². The molecule has 6 heteroatoms. The molecular weight excluding hydrogens is 295 g/mol. The average molecular weight is 316 g/mol. The van der Waals surface area contributed by atoms with Crippen LogP contribution in [-0.4, -0.2) is 48.7 Å². The lowest BCUT2D eigenvalue weighted by Crippen LogP contribution is -2.38. The van der Waals surface area contributed by atoms with E-state index in [1.165, 1.54) is 6.07 Å². The Morgan fingerprint density at radius 2 is 2.17 bits per heavy atom. The molecule has 0 amide bonds. The minimum Gasteiger partial charge on any atom is -0.369 e. The van der Waals surface area contributed by atoms with Gasteiger partial charge in [0.2, 0.25) is 0 Å². The van der Waals surface area contributed by atoms with Crippen molar-refractivity contribution >= 4 is 5.82 Å². The zero-order chi connectivity index (χ0) is 16.2. The lowest BCUT2D eigenvalue weighted by Gasteiger charge is -2.32. The number of morpholine rings is 1. The molecule has 23 heavy (non-hydrogen) atoms. The Labute approximate surface area is 135 Å². The molecule has 0 aromatic carbocycles. The van der Waals surface area contributed by atoms with Gasteiger partial charge < -0.3 is 9.64 Å². The number of rotatable bonds is 4. The Morgan fingerprint density at radius 1 is 1.30 bits per heavy atom. The summed E-state index contributed by atoms with van der Waals surface area (Å²) in [6, 6.07) is 8.98. The standard InChI is InChI=1S/C17H21FN4O/c1-21(2)17-7-3-6-14(20-17)16-12-22(9-10-23-16)11-15-13(18)5-4-8-19-15/h3-8,16H,9-12H2,1-2H3. The Morgan fingerprint density at radius 3 is 2.96 bits per heavy atom. The summed E-state index contributed by atoms with van der Waals surface area (Å²) in [5.74, 6) is 0.641. The molecule has 3 heterocycles. The maximum Gasteiger partial charge on any atom is 0.146 e. The number of hydrogen-bond acceptors (Lipinski definition) is 5. The van der Waals surface area contributed by atoms with Gasteiger partial charge in [-0.2, -0.15) is 0 Å². The highest BCUT2D eigenvalue weighted by molar-refractivity contribution is 5.37. The predicted octanol–water partition coefficient (Wildman–Crippen LogP) is 2.26. The molecular formula is C17H21FN4O. The molecule has 1 aliphatic heterocycles. The van der Waals surface area contributed by atoms with Gasteiger partial charge in [-0.15, -0.1) is 0 Å². The third-order valence-corrected chi connectivity index (χ3v) is 3.90. The quantitative estimate of drug-likeness (QED) is 0.865. The van der Waals surface area contributed by atoms with Crippen LogP contribution >= 0.6 is 0 Å². The normalized spacial score (nSPS) is 18.8. The van der Waals surface area contributed by atoms with E-state index in [0.717, 1.165) is 18.1 Å². The Hall–Kier alpha value is -2.05. The summed E-state index contributed by atoms with van der Waals surface area (Å²) in [5, 5.41) is 0. The maximum absolute atomic E-state index is 13.8. The molecule has 2 aromatic rings. The van der Waals surface area contributed by atoms with Crippen molar-refractivity contribution in [2.75, 3.05) is 38.7 Å². The molecule has 1 unspecified atom stereocenters. The van der Waals surface area contributed by atoms with E-state index in [1.807, 2.05) is 37.2 Å². The van der Waals surface area contributed by atoms with Crippen molar-refractivity contribution in [2.24, 2.45) is 0 Å². The van der Waals surface area contributed by atoms with Crippen LogP contribution in [-0.2, 0) is 11.3 Å². The fraction of sp³-hybridized carbons (Fsp3) is 0.412. The first-order valence-electron chi connectivity index (χ1n) is 7.71. The van der Waals surface area contributed by atoms with Gasteiger partial charge in [0.15, 0.2) is 0 Å². The number of nitrogens with zero attached hydrogens (tertiary/aromatic N) is 4. The van der Waals surface area contributed by atoms with Gasteiger partial charge in [0.25, 0.3) is 0 Å². The van der Waals surface area contributed by atoms with Crippen LogP contribution < -0.4 is 4.90 Å². The lowest BCUT2D eigenvalue weighted by molar-refractivity contribution is -0.0356. The number of pyridine rings is 2. The van der Waals surface area contributed by atoms with Crippen molar-refractivity contribution in [3.63, 3.8) is 0 Å². The van der Waals surface area contributed by atoms with E-state index in [2.05, 4.69) is 14.9 Å². The third-order valence-electron chi connectivity index (χ3n) is 3.90. The third kappa shape index (κ3) is 3.83. The number of hydrogen-bond donors (Lipinski definition) is 0. The largest absolute Gasteiger partial charge is 0.369 e. The second-order valence-electron chi connectivity index (χ2n) is 5.84. The summed E-state index contributed by atoms with van der Waals surface area (Å²) in [6.07, 6.45) is 1.52. The smallest absolute Gasteiger partial charge is 0.146 e. The minimum atomic E-state index is -0.261. The summed E-state index contributed by atoms with van der Waals surface area (Å²) in [7, 11) is 3.92. The van der Waals surface area contributed by atoms with Crippen LogP contribution in [0.5, 0.6) is 0 Å². The number of ether oxygens (including phenoxy) is 1. The molecule has 1 fully saturated rings. The van der Waals surface area contributed by atoms with Crippen LogP contribution in [0, 0.1) is 5.82 Å². The van der Waals surface area contributed by atoms with Crippen molar-refractivity contribution in [1.82, 2.24) is 14.9 Å². The summed E-state index contributed by atoms with van der Waals surface area (Å²) < 4.78 is 19.6. The van der Waals surface area contributed by atoms with E-state index in [0.29, 0.717) is 25.4 Å². The highest BCUT2D eigenvalue weighted by atomic mass is 19.1. The van der Waals surface area contributed by atoms with E-state index in [4.69, 9.17) is 4.74 Å². The summed E-state index contributed by atoms with van der Waals surface area (Å²) in [6.45, 7) is 2.53. The summed E-state index contributed by atoms with van der Waals surface area (Å²) in [4.78, 5) is 12.9. The molecule has 0 saturated carbocycles. The molecule has 1 aliphatic rings. The number of halogens is 1. The van der Waals surface area contributed by atoms with Crippen molar-refractivity contribution in [3.05, 3.63) is 53.7 Å². The van der Waals surface area contributed by atoms with Crippen LogP contribution in [0.15, 0.2) is 36.5 Å². The van der Waals surface area contributed by atoms with Gasteiger partial charge in [-0.1, -0.05) is 6.07 Å². The predicted molar refractivity (Wildman–Crippen MR) is 86.7 cm³/mol. The van der Waals surface area contributed by atoms with Gasteiger partial charge in [-0.3, -0.25) is 9.88 Å². The molecule has 3 rings (SSSR count). The molecule has 1 atom stereocenters. The number of aromatic nitrogens is 2. The van der Waals surface area contributed by atoms with Gasteiger partial charge >= 0.3 is 0 Å².